The van der Waals surface area contributed by atoms with Gasteiger partial charge in [-0.3, -0.25) is 5.32 Å². The number of carbonyl (C=O) groups excluding carboxylic acids is 1. The van der Waals surface area contributed by atoms with Crippen LogP contribution in [0.2, 0.25) is 5.02 Å². The Morgan fingerprint density at radius 2 is 1.94 bits per heavy atom. The molecular formula is C23H28ClNO6. The predicted molar refractivity (Wildman–Crippen MR) is 119 cm³/mol. The van der Waals surface area contributed by atoms with Gasteiger partial charge in [0, 0.05) is 23.6 Å². The minimum atomic E-state index is -1.01. The highest BCUT2D eigenvalue weighted by Crippen LogP contribution is 2.23. The maximum absolute atomic E-state index is 12.0. The lowest BCUT2D eigenvalue weighted by Gasteiger charge is -2.18. The number of anilines is 1. The van der Waals surface area contributed by atoms with Crippen molar-refractivity contribution in [1.29, 1.82) is 0 Å². The zero-order valence-electron chi connectivity index (χ0n) is 17.9. The van der Waals surface area contributed by atoms with Gasteiger partial charge < -0.3 is 19.3 Å². The van der Waals surface area contributed by atoms with Gasteiger partial charge >= 0.3 is 12.1 Å². The Morgan fingerprint density at radius 3 is 2.58 bits per heavy atom. The third-order valence-corrected chi connectivity index (χ3v) is 4.47. The van der Waals surface area contributed by atoms with Gasteiger partial charge in [0.05, 0.1) is 19.3 Å². The van der Waals surface area contributed by atoms with E-state index >= 15 is 0 Å². The lowest BCUT2D eigenvalue weighted by atomic mass is 10.0. The van der Waals surface area contributed by atoms with Crippen LogP contribution >= 0.6 is 11.6 Å². The van der Waals surface area contributed by atoms with Crippen LogP contribution in [0.4, 0.5) is 10.5 Å². The number of amides is 1. The van der Waals surface area contributed by atoms with Gasteiger partial charge in [-0.2, -0.15) is 0 Å². The molecule has 0 spiro atoms. The average molecular weight is 450 g/mol. The van der Waals surface area contributed by atoms with Crippen molar-refractivity contribution in [2.75, 3.05) is 18.5 Å². The van der Waals surface area contributed by atoms with Crippen molar-refractivity contribution in [3.05, 3.63) is 58.6 Å². The van der Waals surface area contributed by atoms with Gasteiger partial charge in [0.25, 0.3) is 0 Å². The first-order valence-electron chi connectivity index (χ1n) is 10.1. The van der Waals surface area contributed by atoms with Gasteiger partial charge in [0.1, 0.15) is 5.75 Å². The Bertz CT molecular complexity index is 886. The number of carbonyl (C=O) groups is 2. The Hall–Kier alpha value is -2.77. The number of halogens is 1. The molecule has 0 aliphatic heterocycles. The third-order valence-electron chi connectivity index (χ3n) is 4.23. The van der Waals surface area contributed by atoms with E-state index in [1.54, 1.807) is 44.2 Å². The maximum atomic E-state index is 12.0. The molecule has 0 radical (unpaired) electrons. The summed E-state index contributed by atoms with van der Waals surface area (Å²) in [6.07, 6.45) is -1.09. The fourth-order valence-electron chi connectivity index (χ4n) is 2.96. The molecule has 2 aromatic carbocycles. The molecule has 168 valence electrons. The lowest BCUT2D eigenvalue weighted by molar-refractivity contribution is -0.153. The Kier molecular flexibility index (Phi) is 9.62. The van der Waals surface area contributed by atoms with Crippen molar-refractivity contribution in [3.8, 4) is 5.75 Å². The van der Waals surface area contributed by atoms with E-state index in [4.69, 9.17) is 25.8 Å². The van der Waals surface area contributed by atoms with E-state index in [2.05, 4.69) is 5.32 Å². The molecule has 0 aliphatic rings. The molecule has 0 aliphatic carbocycles. The van der Waals surface area contributed by atoms with Gasteiger partial charge in [0.15, 0.2) is 6.10 Å². The molecule has 0 saturated carbocycles. The largest absolute Gasteiger partial charge is 0.494 e. The molecule has 2 aromatic rings. The number of nitrogens with one attached hydrogen (secondary N) is 1. The van der Waals surface area contributed by atoms with Gasteiger partial charge in [-0.25, -0.2) is 9.59 Å². The van der Waals surface area contributed by atoms with Crippen molar-refractivity contribution in [2.45, 2.75) is 45.8 Å². The molecule has 0 fully saturated rings. The van der Waals surface area contributed by atoms with Crippen LogP contribution in [0, 0.1) is 0 Å². The van der Waals surface area contributed by atoms with Gasteiger partial charge in [-0.05, 0) is 56.2 Å². The highest BCUT2D eigenvalue weighted by Gasteiger charge is 2.21. The normalized spacial score (nSPS) is 11.8. The molecule has 0 bridgehead atoms. The summed E-state index contributed by atoms with van der Waals surface area (Å²) in [5.41, 5.74) is 2.16. The van der Waals surface area contributed by atoms with E-state index in [0.29, 0.717) is 29.5 Å². The first-order valence-corrected chi connectivity index (χ1v) is 10.5. The zero-order chi connectivity index (χ0) is 22.8. The number of hydrogen-bond donors (Lipinski definition) is 2. The quantitative estimate of drug-likeness (QED) is 0.504. The van der Waals surface area contributed by atoms with Crippen molar-refractivity contribution in [1.82, 2.24) is 0 Å². The van der Waals surface area contributed by atoms with Crippen molar-refractivity contribution in [2.24, 2.45) is 0 Å². The van der Waals surface area contributed by atoms with E-state index in [-0.39, 0.29) is 19.1 Å². The average Bonchev–Trinajstić information content (AvgIpc) is 2.69. The number of ether oxygens (including phenoxy) is 3. The van der Waals surface area contributed by atoms with Crippen LogP contribution in [0.5, 0.6) is 5.75 Å². The summed E-state index contributed by atoms with van der Waals surface area (Å²) in [4.78, 5) is 23.5. The number of hydrogen-bond acceptors (Lipinski definition) is 5. The van der Waals surface area contributed by atoms with E-state index in [9.17, 15) is 14.7 Å². The third kappa shape index (κ3) is 8.47. The Labute approximate surface area is 187 Å². The van der Waals surface area contributed by atoms with Crippen LogP contribution in [0.15, 0.2) is 42.5 Å². The van der Waals surface area contributed by atoms with Crippen LogP contribution in [-0.2, 0) is 27.1 Å². The molecule has 0 saturated heterocycles. The number of carboxylic acids is 1. The minimum absolute atomic E-state index is 0.126. The van der Waals surface area contributed by atoms with E-state index in [1.165, 1.54) is 0 Å². The van der Waals surface area contributed by atoms with Crippen molar-refractivity contribution in [3.63, 3.8) is 0 Å². The highest BCUT2D eigenvalue weighted by molar-refractivity contribution is 6.30. The lowest BCUT2D eigenvalue weighted by Crippen LogP contribution is -2.29. The molecule has 1 atom stereocenters. The number of benzene rings is 2. The summed E-state index contributed by atoms with van der Waals surface area (Å²) in [6.45, 7) is 6.08. The minimum Gasteiger partial charge on any atom is -0.494 e. The summed E-state index contributed by atoms with van der Waals surface area (Å²) in [6, 6.07) is 12.3. The molecule has 1 amide bonds. The maximum Gasteiger partial charge on any atom is 0.411 e. The summed E-state index contributed by atoms with van der Waals surface area (Å²) >= 11 is 5.91. The predicted octanol–water partition coefficient (Wildman–Crippen LogP) is 4.95. The van der Waals surface area contributed by atoms with Gasteiger partial charge in [-0.15, -0.1) is 0 Å². The van der Waals surface area contributed by atoms with Crippen LogP contribution < -0.4 is 10.1 Å². The van der Waals surface area contributed by atoms with Crippen LogP contribution in [-0.4, -0.2) is 42.6 Å². The molecule has 2 rings (SSSR count). The number of rotatable bonds is 11. The fourth-order valence-corrected chi connectivity index (χ4v) is 3.15. The number of carboxylic acid groups (broad SMARTS) is 1. The molecule has 8 heteroatoms. The summed E-state index contributed by atoms with van der Waals surface area (Å²) < 4.78 is 16.4. The molecule has 7 nitrogen and oxygen atoms in total. The van der Waals surface area contributed by atoms with Gasteiger partial charge in [-0.1, -0.05) is 29.8 Å². The summed E-state index contributed by atoms with van der Waals surface area (Å²) in [5.74, 6) is -0.341. The van der Waals surface area contributed by atoms with E-state index < -0.39 is 18.2 Å². The van der Waals surface area contributed by atoms with Crippen molar-refractivity contribution < 1.29 is 28.9 Å². The smallest absolute Gasteiger partial charge is 0.411 e. The SMILES string of the molecule is CCOc1ccc(CC(OC(C)C)C(=O)O)cc1CCOC(=O)Nc1cccc(Cl)c1. The highest BCUT2D eigenvalue weighted by atomic mass is 35.5. The van der Waals surface area contributed by atoms with Crippen LogP contribution in [0.25, 0.3) is 0 Å². The van der Waals surface area contributed by atoms with E-state index in [1.807, 2.05) is 19.1 Å². The first kappa shape index (κ1) is 24.5. The summed E-state index contributed by atoms with van der Waals surface area (Å²) in [7, 11) is 0. The standard InChI is InChI=1S/C23H28ClNO6/c1-4-29-20-9-8-16(13-21(22(26)27)31-15(2)3)12-17(20)10-11-30-23(28)25-19-7-5-6-18(24)14-19/h5-9,12,14-15,21H,4,10-11,13H2,1-3H3,(H,25,28)(H,26,27). The first-order chi connectivity index (χ1) is 14.8. The summed E-state index contributed by atoms with van der Waals surface area (Å²) in [5, 5.41) is 12.5. The van der Waals surface area contributed by atoms with Crippen LogP contribution in [0.3, 0.4) is 0 Å². The van der Waals surface area contributed by atoms with Crippen LogP contribution in [0.1, 0.15) is 31.9 Å². The molecular weight excluding hydrogens is 422 g/mol. The molecule has 2 N–H and O–H groups in total. The van der Waals surface area contributed by atoms with Gasteiger partial charge in [0.2, 0.25) is 0 Å². The zero-order valence-corrected chi connectivity index (χ0v) is 18.6. The number of aliphatic carboxylic acids is 1. The molecule has 0 aromatic heterocycles. The van der Waals surface area contributed by atoms with Crippen molar-refractivity contribution >= 4 is 29.4 Å². The Balaban J connectivity index is 2.01. The molecule has 0 heterocycles. The topological polar surface area (TPSA) is 94.1 Å². The molecule has 1 unspecified atom stereocenters. The Morgan fingerprint density at radius 1 is 1.16 bits per heavy atom. The fraction of sp³-hybridized carbons (Fsp3) is 0.391. The monoisotopic (exact) mass is 449 g/mol. The molecule has 31 heavy (non-hydrogen) atoms. The van der Waals surface area contributed by atoms with E-state index in [0.717, 1.165) is 11.1 Å². The second-order valence-electron chi connectivity index (χ2n) is 7.11. The second-order valence-corrected chi connectivity index (χ2v) is 7.55. The second kappa shape index (κ2) is 12.2.